The number of halogens is 1. The third kappa shape index (κ3) is 3.57. The van der Waals surface area contributed by atoms with Crippen LogP contribution in [0.25, 0.3) is 11.0 Å². The highest BCUT2D eigenvalue weighted by atomic mass is 35.5. The average molecular weight is 471 g/mol. The van der Waals surface area contributed by atoms with Crippen molar-refractivity contribution in [2.24, 2.45) is 5.73 Å². The van der Waals surface area contributed by atoms with E-state index in [1.807, 2.05) is 50.2 Å². The number of benzene rings is 3. The van der Waals surface area contributed by atoms with Crippen molar-refractivity contribution >= 4 is 28.5 Å². The van der Waals surface area contributed by atoms with Crippen LogP contribution < -0.4 is 15.2 Å². The lowest BCUT2D eigenvalue weighted by molar-refractivity contribution is 0.0702. The second kappa shape index (κ2) is 8.29. The van der Waals surface area contributed by atoms with E-state index in [1.54, 1.807) is 24.3 Å². The van der Waals surface area contributed by atoms with E-state index in [0.29, 0.717) is 27.5 Å². The summed E-state index contributed by atoms with van der Waals surface area (Å²) >= 11 is 6.43. The van der Waals surface area contributed by atoms with Gasteiger partial charge in [0.25, 0.3) is 0 Å². The average Bonchev–Trinajstić information content (AvgIpc) is 3.14. The molecule has 1 aliphatic rings. The summed E-state index contributed by atoms with van der Waals surface area (Å²) in [5, 5.41) is 11.1. The number of hydrogen-bond donors (Lipinski definition) is 1. The summed E-state index contributed by atoms with van der Waals surface area (Å²) in [6, 6.07) is 20.1. The molecule has 1 unspecified atom stereocenters. The molecule has 0 spiro atoms. The fourth-order valence-corrected chi connectivity index (χ4v) is 4.45. The third-order valence-corrected chi connectivity index (χ3v) is 6.24. The lowest BCUT2D eigenvalue weighted by atomic mass is 9.83. The zero-order chi connectivity index (χ0) is 24.0. The van der Waals surface area contributed by atoms with Gasteiger partial charge in [-0.3, -0.25) is 0 Å². The summed E-state index contributed by atoms with van der Waals surface area (Å²) in [6.45, 7) is 3.77. The van der Waals surface area contributed by atoms with E-state index in [0.717, 1.165) is 16.5 Å². The lowest BCUT2D eigenvalue weighted by Crippen LogP contribution is -2.21. The number of allylic oxidation sites excluding steroid dienone is 1. The molecule has 0 aliphatic carbocycles. The highest BCUT2D eigenvalue weighted by molar-refractivity contribution is 6.31. The van der Waals surface area contributed by atoms with Crippen LogP contribution in [0.2, 0.25) is 5.02 Å². The Morgan fingerprint density at radius 2 is 1.88 bits per heavy atom. The van der Waals surface area contributed by atoms with Crippen LogP contribution in [0.5, 0.6) is 11.5 Å². The van der Waals surface area contributed by atoms with Crippen molar-refractivity contribution in [1.82, 2.24) is 0 Å². The number of ether oxygens (including phenoxy) is 2. The molecule has 0 saturated carbocycles. The standard InChI is InChI=1S/C27H19ClN2O4/c1-14-7-9-17-15(2)25(33-22(17)11-14)27(31)32-16-8-10-19-23(12-16)34-26(30)20(13-29)24(19)18-5-3-4-6-21(18)28/h3-12,24H,30H2,1-2H3. The molecule has 2 heterocycles. The van der Waals surface area contributed by atoms with Gasteiger partial charge in [-0.1, -0.05) is 48.0 Å². The molecule has 0 fully saturated rings. The van der Waals surface area contributed by atoms with Crippen LogP contribution in [0.3, 0.4) is 0 Å². The van der Waals surface area contributed by atoms with E-state index in [4.69, 9.17) is 31.2 Å². The van der Waals surface area contributed by atoms with Crippen LogP contribution in [0.15, 0.2) is 76.5 Å². The number of carbonyl (C=O) groups excluding carboxylic acids is 1. The highest BCUT2D eigenvalue weighted by Crippen LogP contribution is 2.45. The Kier molecular flexibility index (Phi) is 5.27. The smallest absolute Gasteiger partial charge is 0.379 e. The molecule has 0 amide bonds. The predicted molar refractivity (Wildman–Crippen MR) is 128 cm³/mol. The second-order valence-corrected chi connectivity index (χ2v) is 8.50. The summed E-state index contributed by atoms with van der Waals surface area (Å²) in [7, 11) is 0. The minimum atomic E-state index is -0.619. The molecule has 1 atom stereocenters. The molecule has 0 saturated heterocycles. The Bertz CT molecular complexity index is 1540. The van der Waals surface area contributed by atoms with Crippen molar-refractivity contribution in [3.8, 4) is 17.6 Å². The van der Waals surface area contributed by atoms with Gasteiger partial charge in [0, 0.05) is 27.6 Å². The zero-order valence-corrected chi connectivity index (χ0v) is 19.1. The number of esters is 1. The molecule has 1 aromatic heterocycles. The molecule has 0 bridgehead atoms. The van der Waals surface area contributed by atoms with Crippen molar-refractivity contribution in [2.75, 3.05) is 0 Å². The number of furan rings is 1. The van der Waals surface area contributed by atoms with Crippen LogP contribution in [0, 0.1) is 25.2 Å². The molecule has 4 aromatic rings. The first-order chi connectivity index (χ1) is 16.4. The molecule has 0 radical (unpaired) electrons. The maximum atomic E-state index is 12.9. The number of hydrogen-bond acceptors (Lipinski definition) is 6. The molecule has 3 aromatic carbocycles. The Balaban J connectivity index is 1.50. The van der Waals surface area contributed by atoms with Gasteiger partial charge >= 0.3 is 5.97 Å². The largest absolute Gasteiger partial charge is 0.449 e. The van der Waals surface area contributed by atoms with Crippen molar-refractivity contribution < 1.29 is 18.7 Å². The zero-order valence-electron chi connectivity index (χ0n) is 18.4. The van der Waals surface area contributed by atoms with Crippen molar-refractivity contribution in [3.63, 3.8) is 0 Å². The monoisotopic (exact) mass is 470 g/mol. The minimum Gasteiger partial charge on any atom is -0.449 e. The number of nitriles is 1. The molecule has 1 aliphatic heterocycles. The van der Waals surface area contributed by atoms with Gasteiger partial charge in [-0.25, -0.2) is 4.79 Å². The molecule has 7 heteroatoms. The lowest BCUT2D eigenvalue weighted by Gasteiger charge is -2.27. The van der Waals surface area contributed by atoms with Gasteiger partial charge in [0.1, 0.15) is 28.7 Å². The van der Waals surface area contributed by atoms with Gasteiger partial charge in [0.15, 0.2) is 0 Å². The van der Waals surface area contributed by atoms with Crippen molar-refractivity contribution in [2.45, 2.75) is 19.8 Å². The molecule has 6 nitrogen and oxygen atoms in total. The van der Waals surface area contributed by atoms with Crippen LogP contribution in [-0.4, -0.2) is 5.97 Å². The first kappa shape index (κ1) is 21.6. The minimum absolute atomic E-state index is 0.0214. The van der Waals surface area contributed by atoms with E-state index in [9.17, 15) is 10.1 Å². The molecule has 34 heavy (non-hydrogen) atoms. The van der Waals surface area contributed by atoms with Gasteiger partial charge in [0.2, 0.25) is 11.6 Å². The number of carbonyl (C=O) groups is 1. The fraction of sp³-hybridized carbons (Fsp3) is 0.111. The summed E-state index contributed by atoms with van der Waals surface area (Å²) in [6.07, 6.45) is 0. The molecular formula is C27H19ClN2O4. The summed E-state index contributed by atoms with van der Waals surface area (Å²) in [5.74, 6) is -0.375. The van der Waals surface area contributed by atoms with E-state index in [1.165, 1.54) is 0 Å². The Labute approximate surface area is 200 Å². The summed E-state index contributed by atoms with van der Waals surface area (Å²) < 4.78 is 17.1. The number of nitrogens with zero attached hydrogens (tertiary/aromatic N) is 1. The first-order valence-corrected chi connectivity index (χ1v) is 10.9. The number of rotatable bonds is 3. The topological polar surface area (TPSA) is 98.5 Å². The maximum Gasteiger partial charge on any atom is 0.379 e. The van der Waals surface area contributed by atoms with Gasteiger partial charge in [-0.2, -0.15) is 5.26 Å². The number of fused-ring (bicyclic) bond motifs is 2. The molecule has 5 rings (SSSR count). The fourth-order valence-electron chi connectivity index (χ4n) is 4.21. The highest BCUT2D eigenvalue weighted by Gasteiger charge is 2.32. The third-order valence-electron chi connectivity index (χ3n) is 5.90. The van der Waals surface area contributed by atoms with E-state index in [2.05, 4.69) is 6.07 Å². The SMILES string of the molecule is Cc1ccc2c(C)c(C(=O)Oc3ccc4c(c3)OC(N)=C(C#N)C4c3ccccc3Cl)oc2c1. The molecular weight excluding hydrogens is 452 g/mol. The maximum absolute atomic E-state index is 12.9. The van der Waals surface area contributed by atoms with E-state index < -0.39 is 11.9 Å². The normalized spacial score (nSPS) is 14.9. The van der Waals surface area contributed by atoms with Crippen molar-refractivity contribution in [1.29, 1.82) is 5.26 Å². The van der Waals surface area contributed by atoms with Gasteiger partial charge in [-0.05, 0) is 43.2 Å². The first-order valence-electron chi connectivity index (χ1n) is 10.5. The molecule has 168 valence electrons. The van der Waals surface area contributed by atoms with Crippen LogP contribution in [-0.2, 0) is 0 Å². The van der Waals surface area contributed by atoms with Gasteiger partial charge in [-0.15, -0.1) is 0 Å². The van der Waals surface area contributed by atoms with E-state index in [-0.39, 0.29) is 23.0 Å². The van der Waals surface area contributed by atoms with E-state index >= 15 is 0 Å². The van der Waals surface area contributed by atoms with Crippen LogP contribution >= 0.6 is 11.6 Å². The Morgan fingerprint density at radius 1 is 1.09 bits per heavy atom. The van der Waals surface area contributed by atoms with Gasteiger partial charge in [0.05, 0.1) is 5.92 Å². The van der Waals surface area contributed by atoms with Crippen LogP contribution in [0.1, 0.15) is 38.7 Å². The van der Waals surface area contributed by atoms with Gasteiger partial charge < -0.3 is 19.6 Å². The summed E-state index contributed by atoms with van der Waals surface area (Å²) in [5.41, 5.74) is 10.1. The molecule has 2 N–H and O–H groups in total. The quantitative estimate of drug-likeness (QED) is 0.285. The summed E-state index contributed by atoms with van der Waals surface area (Å²) in [4.78, 5) is 12.9. The Morgan fingerprint density at radius 3 is 2.65 bits per heavy atom. The van der Waals surface area contributed by atoms with Crippen LogP contribution in [0.4, 0.5) is 0 Å². The number of nitrogens with two attached hydrogens (primary N) is 1. The predicted octanol–water partition coefficient (Wildman–Crippen LogP) is 6.14. The Hall–Kier alpha value is -4.21. The number of aryl methyl sites for hydroxylation is 2. The second-order valence-electron chi connectivity index (χ2n) is 8.09. The van der Waals surface area contributed by atoms with Crippen molar-refractivity contribution in [3.05, 3.63) is 105 Å².